The van der Waals surface area contributed by atoms with Gasteiger partial charge in [-0.05, 0) is 30.0 Å². The van der Waals surface area contributed by atoms with Crippen LogP contribution in [0.5, 0.6) is 0 Å². The Bertz CT molecular complexity index is 294. The molecule has 58 valence electrons. The van der Waals surface area contributed by atoms with Gasteiger partial charge >= 0.3 is 8.03 Å². The molecule has 11 heavy (non-hydrogen) atoms. The van der Waals surface area contributed by atoms with Gasteiger partial charge in [-0.15, -0.1) is 0 Å². The van der Waals surface area contributed by atoms with Crippen LogP contribution in [0.4, 0.5) is 0 Å². The first-order chi connectivity index (χ1) is 5.13. The molecule has 0 amide bonds. The third kappa shape index (κ3) is 1.65. The molecule has 0 aliphatic carbocycles. The number of rotatable bonds is 1. The average Bonchev–Trinajstić information content (AvgIpc) is 1.94. The standard InChI is InChI=1S/C8H9O2P/c1-6-4-3-5-8(7(6)2)11(9)10/h3-5H,1-2H3/p+1. The molecular weight excluding hydrogens is 159 g/mol. The summed E-state index contributed by atoms with van der Waals surface area (Å²) in [5, 5.41) is 0.542. The molecule has 0 spiro atoms. The minimum atomic E-state index is -2.18. The van der Waals surface area contributed by atoms with Gasteiger partial charge in [0.25, 0.3) is 0 Å². The van der Waals surface area contributed by atoms with Crippen LogP contribution in [-0.4, -0.2) is 4.89 Å². The lowest BCUT2D eigenvalue weighted by Gasteiger charge is -1.95. The lowest BCUT2D eigenvalue weighted by atomic mass is 10.1. The molecule has 0 heterocycles. The van der Waals surface area contributed by atoms with E-state index in [1.165, 1.54) is 0 Å². The Balaban J connectivity index is 3.27. The summed E-state index contributed by atoms with van der Waals surface area (Å²) in [7, 11) is -2.18. The molecule has 0 aromatic heterocycles. The first-order valence-electron chi connectivity index (χ1n) is 3.35. The molecule has 1 atom stereocenters. The van der Waals surface area contributed by atoms with E-state index in [2.05, 4.69) is 0 Å². The van der Waals surface area contributed by atoms with Gasteiger partial charge in [0.1, 0.15) is 0 Å². The second-order valence-electron chi connectivity index (χ2n) is 2.49. The molecular formula is C8H10O2P+. The van der Waals surface area contributed by atoms with Crippen LogP contribution in [-0.2, 0) is 4.57 Å². The summed E-state index contributed by atoms with van der Waals surface area (Å²) in [5.41, 5.74) is 1.97. The van der Waals surface area contributed by atoms with Crippen LogP contribution in [0, 0.1) is 13.8 Å². The molecule has 0 aliphatic heterocycles. The SMILES string of the molecule is Cc1cccc([P+](=O)O)c1C. The predicted molar refractivity (Wildman–Crippen MR) is 45.4 cm³/mol. The molecule has 3 heteroatoms. The fourth-order valence-electron chi connectivity index (χ4n) is 0.943. The first kappa shape index (κ1) is 8.38. The first-order valence-corrected chi connectivity index (χ1v) is 4.56. The monoisotopic (exact) mass is 169 g/mol. The third-order valence-electron chi connectivity index (χ3n) is 1.78. The van der Waals surface area contributed by atoms with Gasteiger partial charge in [0.2, 0.25) is 5.30 Å². The summed E-state index contributed by atoms with van der Waals surface area (Å²) >= 11 is 0. The number of benzene rings is 1. The molecule has 0 saturated carbocycles. The molecule has 0 radical (unpaired) electrons. The highest BCUT2D eigenvalue weighted by molar-refractivity contribution is 7.47. The zero-order chi connectivity index (χ0) is 8.43. The van der Waals surface area contributed by atoms with Crippen molar-refractivity contribution in [3.8, 4) is 0 Å². The van der Waals surface area contributed by atoms with Gasteiger partial charge in [-0.3, -0.25) is 0 Å². The van der Waals surface area contributed by atoms with Gasteiger partial charge in [-0.2, -0.15) is 4.89 Å². The normalized spacial score (nSPS) is 11.4. The molecule has 1 aromatic carbocycles. The highest BCUT2D eigenvalue weighted by atomic mass is 31.1. The van der Waals surface area contributed by atoms with Crippen molar-refractivity contribution in [2.75, 3.05) is 0 Å². The van der Waals surface area contributed by atoms with E-state index in [1.54, 1.807) is 12.1 Å². The van der Waals surface area contributed by atoms with Crippen molar-refractivity contribution < 1.29 is 9.46 Å². The molecule has 0 bridgehead atoms. The van der Waals surface area contributed by atoms with E-state index in [0.29, 0.717) is 5.30 Å². The van der Waals surface area contributed by atoms with Crippen molar-refractivity contribution >= 4 is 13.3 Å². The topological polar surface area (TPSA) is 37.3 Å². The fraction of sp³-hybridized carbons (Fsp3) is 0.250. The quantitative estimate of drug-likeness (QED) is 0.649. The van der Waals surface area contributed by atoms with Crippen LogP contribution in [0.25, 0.3) is 0 Å². The van der Waals surface area contributed by atoms with Gasteiger partial charge in [-0.1, -0.05) is 12.1 Å². The lowest BCUT2D eigenvalue weighted by molar-refractivity contribution is 0.513. The number of hydrogen-bond donors (Lipinski definition) is 1. The number of aryl methyl sites for hydroxylation is 1. The Kier molecular flexibility index (Phi) is 2.38. The molecule has 0 fully saturated rings. The van der Waals surface area contributed by atoms with E-state index >= 15 is 0 Å². The lowest BCUT2D eigenvalue weighted by Crippen LogP contribution is -2.02. The largest absolute Gasteiger partial charge is 0.546 e. The fourth-order valence-corrected chi connectivity index (χ4v) is 1.62. The van der Waals surface area contributed by atoms with Crippen LogP contribution >= 0.6 is 8.03 Å². The summed E-state index contributed by atoms with van der Waals surface area (Å²) in [6.45, 7) is 3.78. The molecule has 2 nitrogen and oxygen atoms in total. The summed E-state index contributed by atoms with van der Waals surface area (Å²) < 4.78 is 10.7. The van der Waals surface area contributed by atoms with Crippen molar-refractivity contribution in [1.29, 1.82) is 0 Å². The van der Waals surface area contributed by atoms with Crippen LogP contribution in [0.15, 0.2) is 18.2 Å². The molecule has 1 N–H and O–H groups in total. The smallest absolute Gasteiger partial charge is 0.156 e. The second kappa shape index (κ2) is 3.12. The zero-order valence-electron chi connectivity index (χ0n) is 6.53. The highest BCUT2D eigenvalue weighted by Gasteiger charge is 2.19. The average molecular weight is 169 g/mol. The minimum absolute atomic E-state index is 0.542. The van der Waals surface area contributed by atoms with Gasteiger partial charge < -0.3 is 0 Å². The number of hydrogen-bond acceptors (Lipinski definition) is 1. The maximum absolute atomic E-state index is 10.7. The van der Waals surface area contributed by atoms with Gasteiger partial charge in [0.05, 0.1) is 0 Å². The zero-order valence-corrected chi connectivity index (χ0v) is 7.43. The molecule has 0 aliphatic rings. The minimum Gasteiger partial charge on any atom is -0.156 e. The van der Waals surface area contributed by atoms with E-state index in [-0.39, 0.29) is 0 Å². The van der Waals surface area contributed by atoms with Crippen molar-refractivity contribution in [2.45, 2.75) is 13.8 Å². The van der Waals surface area contributed by atoms with E-state index in [0.717, 1.165) is 11.1 Å². The molecule has 1 rings (SSSR count). The van der Waals surface area contributed by atoms with Crippen molar-refractivity contribution in [3.63, 3.8) is 0 Å². The summed E-state index contributed by atoms with van der Waals surface area (Å²) in [6, 6.07) is 5.40. The van der Waals surface area contributed by atoms with Crippen LogP contribution in [0.3, 0.4) is 0 Å². The van der Waals surface area contributed by atoms with E-state index in [1.807, 2.05) is 19.9 Å². The third-order valence-corrected chi connectivity index (χ3v) is 2.68. The van der Waals surface area contributed by atoms with E-state index in [9.17, 15) is 4.57 Å². The van der Waals surface area contributed by atoms with E-state index in [4.69, 9.17) is 4.89 Å². The van der Waals surface area contributed by atoms with Crippen LogP contribution in [0.1, 0.15) is 11.1 Å². The van der Waals surface area contributed by atoms with Crippen LogP contribution < -0.4 is 5.30 Å². The summed E-state index contributed by atoms with van der Waals surface area (Å²) in [4.78, 5) is 8.84. The van der Waals surface area contributed by atoms with Gasteiger partial charge in [-0.25, -0.2) is 0 Å². The maximum atomic E-state index is 10.7. The molecule has 0 saturated heterocycles. The van der Waals surface area contributed by atoms with Crippen molar-refractivity contribution in [3.05, 3.63) is 29.3 Å². The maximum Gasteiger partial charge on any atom is 0.546 e. The van der Waals surface area contributed by atoms with Gasteiger partial charge in [0.15, 0.2) is 0 Å². The second-order valence-corrected chi connectivity index (χ2v) is 3.52. The predicted octanol–water partition coefficient (Wildman–Crippen LogP) is 1.66. The van der Waals surface area contributed by atoms with Crippen LogP contribution in [0.2, 0.25) is 0 Å². The van der Waals surface area contributed by atoms with Crippen molar-refractivity contribution in [2.24, 2.45) is 0 Å². The highest BCUT2D eigenvalue weighted by Crippen LogP contribution is 2.17. The van der Waals surface area contributed by atoms with Crippen molar-refractivity contribution in [1.82, 2.24) is 0 Å². The Morgan fingerprint density at radius 3 is 2.45 bits per heavy atom. The Morgan fingerprint density at radius 1 is 1.36 bits per heavy atom. The Hall–Kier alpha value is -0.720. The summed E-state index contributed by atoms with van der Waals surface area (Å²) in [5.74, 6) is 0. The van der Waals surface area contributed by atoms with Gasteiger partial charge in [0, 0.05) is 5.56 Å². The van der Waals surface area contributed by atoms with E-state index < -0.39 is 8.03 Å². The Labute approximate surface area is 66.7 Å². The molecule has 1 unspecified atom stereocenters. The molecule has 1 aromatic rings. The summed E-state index contributed by atoms with van der Waals surface area (Å²) in [6.07, 6.45) is 0. The Morgan fingerprint density at radius 2 is 2.00 bits per heavy atom.